The number of hydrogen-bond acceptors (Lipinski definition) is 5. The summed E-state index contributed by atoms with van der Waals surface area (Å²) in [5.41, 5.74) is 2.21. The molecule has 1 aromatic heterocycles. The number of hydrogen-bond donors (Lipinski definition) is 1. The standard InChI is InChI=1S/C20H23N5O3S/c1-15-7-8-19(16(2)13-15)29(27,28)24-11-9-23(10-12-24)14-25-20(26)17-5-3-4-6-18(17)21-22-25/h3-8,13H,9-12,14H2,1-2H3/p+1. The van der Waals surface area contributed by atoms with Gasteiger partial charge in [-0.25, -0.2) is 8.42 Å². The SMILES string of the molecule is Cc1ccc(S(=O)(=O)N2CC[NH+](Cn3nnc4ccccc4c3=O)CC2)c(C)c1. The molecule has 9 heteroatoms. The zero-order valence-corrected chi connectivity index (χ0v) is 17.3. The van der Waals surface area contributed by atoms with Gasteiger partial charge in [-0.2, -0.15) is 8.99 Å². The van der Waals surface area contributed by atoms with Crippen molar-refractivity contribution in [3.63, 3.8) is 0 Å². The van der Waals surface area contributed by atoms with Crippen molar-refractivity contribution in [1.82, 2.24) is 19.3 Å². The lowest BCUT2D eigenvalue weighted by Crippen LogP contribution is -3.14. The number of piperazine rings is 1. The molecule has 0 atom stereocenters. The highest BCUT2D eigenvalue weighted by molar-refractivity contribution is 7.89. The lowest BCUT2D eigenvalue weighted by molar-refractivity contribution is -0.927. The third kappa shape index (κ3) is 3.81. The number of nitrogens with one attached hydrogen (secondary N) is 1. The predicted octanol–water partition coefficient (Wildman–Crippen LogP) is -0.0448. The van der Waals surface area contributed by atoms with E-state index in [4.69, 9.17) is 0 Å². The molecule has 0 saturated carbocycles. The molecule has 1 fully saturated rings. The third-order valence-corrected chi connectivity index (χ3v) is 7.44. The molecule has 1 saturated heterocycles. The van der Waals surface area contributed by atoms with Gasteiger partial charge in [-0.05, 0) is 37.6 Å². The van der Waals surface area contributed by atoms with Crippen LogP contribution in [0.15, 0.2) is 52.2 Å². The normalized spacial score (nSPS) is 16.3. The van der Waals surface area contributed by atoms with Crippen LogP contribution >= 0.6 is 0 Å². The highest BCUT2D eigenvalue weighted by atomic mass is 32.2. The summed E-state index contributed by atoms with van der Waals surface area (Å²) in [5.74, 6) is 0. The smallest absolute Gasteiger partial charge is 0.282 e. The maximum Gasteiger partial charge on any atom is 0.282 e. The Morgan fingerprint density at radius 2 is 1.79 bits per heavy atom. The van der Waals surface area contributed by atoms with Crippen molar-refractivity contribution in [2.75, 3.05) is 26.2 Å². The molecule has 1 aliphatic rings. The summed E-state index contributed by atoms with van der Waals surface area (Å²) in [7, 11) is -3.52. The predicted molar refractivity (Wildman–Crippen MR) is 109 cm³/mol. The average molecular weight is 415 g/mol. The second kappa shape index (κ2) is 7.66. The molecule has 0 unspecified atom stereocenters. The first-order chi connectivity index (χ1) is 13.9. The lowest BCUT2D eigenvalue weighted by Gasteiger charge is -2.31. The molecule has 3 aromatic rings. The van der Waals surface area contributed by atoms with Crippen molar-refractivity contribution in [1.29, 1.82) is 0 Å². The van der Waals surface area contributed by atoms with E-state index in [0.29, 0.717) is 48.6 Å². The first kappa shape index (κ1) is 19.7. The monoisotopic (exact) mass is 414 g/mol. The Hall–Kier alpha value is -2.62. The Balaban J connectivity index is 1.47. The minimum atomic E-state index is -3.52. The maximum atomic E-state index is 13.0. The van der Waals surface area contributed by atoms with Crippen LogP contribution in [0.1, 0.15) is 11.1 Å². The van der Waals surface area contributed by atoms with E-state index in [9.17, 15) is 13.2 Å². The molecule has 0 bridgehead atoms. The minimum absolute atomic E-state index is 0.173. The fourth-order valence-electron chi connectivity index (χ4n) is 3.77. The zero-order valence-electron chi connectivity index (χ0n) is 16.5. The highest BCUT2D eigenvalue weighted by Gasteiger charge is 2.31. The molecule has 1 aliphatic heterocycles. The van der Waals surface area contributed by atoms with E-state index in [2.05, 4.69) is 10.3 Å². The molecule has 8 nitrogen and oxygen atoms in total. The average Bonchev–Trinajstić information content (AvgIpc) is 2.70. The molecule has 4 rings (SSSR count). The van der Waals surface area contributed by atoms with Gasteiger partial charge in [0.05, 0.1) is 36.5 Å². The molecular weight excluding hydrogens is 390 g/mol. The first-order valence-electron chi connectivity index (χ1n) is 9.60. The number of fused-ring (bicyclic) bond motifs is 1. The largest absolute Gasteiger partial charge is 0.314 e. The minimum Gasteiger partial charge on any atom is -0.314 e. The summed E-state index contributed by atoms with van der Waals surface area (Å²) in [4.78, 5) is 14.1. The second-order valence-electron chi connectivity index (χ2n) is 7.49. The molecular formula is C20H24N5O3S+. The second-order valence-corrected chi connectivity index (χ2v) is 9.40. The van der Waals surface area contributed by atoms with Crippen LogP contribution in [0.25, 0.3) is 10.9 Å². The summed E-state index contributed by atoms with van der Waals surface area (Å²) in [5, 5.41) is 8.69. The van der Waals surface area contributed by atoms with Crippen molar-refractivity contribution in [3.05, 3.63) is 63.9 Å². The number of nitrogens with zero attached hydrogens (tertiary/aromatic N) is 4. The van der Waals surface area contributed by atoms with Crippen molar-refractivity contribution in [2.45, 2.75) is 25.4 Å². The van der Waals surface area contributed by atoms with E-state index in [1.165, 1.54) is 8.99 Å². The Kier molecular flexibility index (Phi) is 5.20. The van der Waals surface area contributed by atoms with E-state index in [1.54, 1.807) is 24.3 Å². The van der Waals surface area contributed by atoms with Crippen molar-refractivity contribution in [3.8, 4) is 0 Å². The Morgan fingerprint density at radius 1 is 1.07 bits per heavy atom. The summed E-state index contributed by atoms with van der Waals surface area (Å²) in [6, 6.07) is 12.5. The van der Waals surface area contributed by atoms with Gasteiger partial charge < -0.3 is 4.90 Å². The summed E-state index contributed by atoms with van der Waals surface area (Å²) >= 11 is 0. The van der Waals surface area contributed by atoms with E-state index in [-0.39, 0.29) is 5.56 Å². The Labute approximate surface area is 169 Å². The molecule has 1 N–H and O–H groups in total. The van der Waals surface area contributed by atoms with Gasteiger partial charge in [0.2, 0.25) is 10.0 Å². The Bertz CT molecular complexity index is 1210. The van der Waals surface area contributed by atoms with Crippen LogP contribution in [-0.4, -0.2) is 53.9 Å². The van der Waals surface area contributed by atoms with Crippen LogP contribution in [0.4, 0.5) is 0 Å². The highest BCUT2D eigenvalue weighted by Crippen LogP contribution is 2.20. The fraction of sp³-hybridized carbons (Fsp3) is 0.350. The van der Waals surface area contributed by atoms with Gasteiger partial charge in [-0.1, -0.05) is 35.0 Å². The number of benzene rings is 2. The van der Waals surface area contributed by atoms with Gasteiger partial charge in [0.15, 0.2) is 6.67 Å². The van der Waals surface area contributed by atoms with Gasteiger partial charge in [0, 0.05) is 0 Å². The van der Waals surface area contributed by atoms with E-state index < -0.39 is 10.0 Å². The van der Waals surface area contributed by atoms with Gasteiger partial charge in [-0.3, -0.25) is 4.79 Å². The van der Waals surface area contributed by atoms with Gasteiger partial charge in [0.1, 0.15) is 5.52 Å². The third-order valence-electron chi connectivity index (χ3n) is 5.38. The van der Waals surface area contributed by atoms with Gasteiger partial charge in [0.25, 0.3) is 5.56 Å². The molecule has 0 radical (unpaired) electrons. The zero-order chi connectivity index (χ0) is 20.6. The molecule has 2 aromatic carbocycles. The molecule has 0 spiro atoms. The van der Waals surface area contributed by atoms with E-state index >= 15 is 0 Å². The number of rotatable bonds is 4. The van der Waals surface area contributed by atoms with Crippen LogP contribution < -0.4 is 10.5 Å². The number of sulfonamides is 1. The molecule has 2 heterocycles. The first-order valence-corrected chi connectivity index (χ1v) is 11.0. The van der Waals surface area contributed by atoms with Gasteiger partial charge >= 0.3 is 0 Å². The Morgan fingerprint density at radius 3 is 2.52 bits per heavy atom. The fourth-order valence-corrected chi connectivity index (χ4v) is 5.41. The van der Waals surface area contributed by atoms with Crippen LogP contribution in [-0.2, 0) is 16.7 Å². The topological polar surface area (TPSA) is 89.6 Å². The summed E-state index contributed by atoms with van der Waals surface area (Å²) in [6.07, 6.45) is 0. The molecule has 0 amide bonds. The number of quaternary nitrogens is 1. The summed E-state index contributed by atoms with van der Waals surface area (Å²) < 4.78 is 28.9. The van der Waals surface area contributed by atoms with Crippen molar-refractivity contribution in [2.24, 2.45) is 0 Å². The van der Waals surface area contributed by atoms with E-state index in [1.807, 2.05) is 32.0 Å². The number of aryl methyl sites for hydroxylation is 2. The quantitative estimate of drug-likeness (QED) is 0.647. The van der Waals surface area contributed by atoms with Crippen LogP contribution in [0.3, 0.4) is 0 Å². The van der Waals surface area contributed by atoms with Crippen molar-refractivity contribution < 1.29 is 13.3 Å². The molecule has 152 valence electrons. The number of aromatic nitrogens is 3. The molecule has 29 heavy (non-hydrogen) atoms. The van der Waals surface area contributed by atoms with Crippen molar-refractivity contribution >= 4 is 20.9 Å². The van der Waals surface area contributed by atoms with Crippen LogP contribution in [0, 0.1) is 13.8 Å². The summed E-state index contributed by atoms with van der Waals surface area (Å²) in [6.45, 7) is 6.15. The lowest BCUT2D eigenvalue weighted by atomic mass is 10.2. The van der Waals surface area contributed by atoms with E-state index in [0.717, 1.165) is 16.0 Å². The maximum absolute atomic E-state index is 13.0. The van der Waals surface area contributed by atoms with Crippen LogP contribution in [0.5, 0.6) is 0 Å². The van der Waals surface area contributed by atoms with Gasteiger partial charge in [-0.15, -0.1) is 5.10 Å². The molecule has 0 aliphatic carbocycles. The van der Waals surface area contributed by atoms with Crippen LogP contribution in [0.2, 0.25) is 0 Å².